The monoisotopic (exact) mass is 218 g/mol. The fourth-order valence-electron chi connectivity index (χ4n) is 2.56. The van der Waals surface area contributed by atoms with Crippen molar-refractivity contribution < 1.29 is 0 Å². The van der Waals surface area contributed by atoms with Crippen LogP contribution in [0.25, 0.3) is 0 Å². The van der Waals surface area contributed by atoms with E-state index >= 15 is 0 Å². The Labute approximate surface area is 93.6 Å². The molecule has 0 bridgehead atoms. The number of nitrogens with one attached hydrogen (secondary N) is 2. The lowest BCUT2D eigenvalue weighted by Gasteiger charge is -2.29. The number of rotatable bonds is 2. The molecule has 3 heteroatoms. The molecule has 0 spiro atoms. The van der Waals surface area contributed by atoms with Gasteiger partial charge in [0.15, 0.2) is 0 Å². The predicted octanol–water partition coefficient (Wildman–Crippen LogP) is 1.94. The molecule has 0 radical (unpaired) electrons. The van der Waals surface area contributed by atoms with Crippen LogP contribution in [0.2, 0.25) is 0 Å². The number of hydrogen-bond acceptors (Lipinski definition) is 2. The summed E-state index contributed by atoms with van der Waals surface area (Å²) in [5, 5.41) is 7.18. The van der Waals surface area contributed by atoms with Crippen LogP contribution >= 0.6 is 12.4 Å². The smallest absolute Gasteiger partial charge is 0.0207 e. The highest BCUT2D eigenvalue weighted by molar-refractivity contribution is 5.85. The van der Waals surface area contributed by atoms with Gasteiger partial charge in [-0.05, 0) is 44.6 Å². The molecule has 2 rings (SSSR count). The Morgan fingerprint density at radius 2 is 1.71 bits per heavy atom. The normalized spacial score (nSPS) is 37.9. The lowest BCUT2D eigenvalue weighted by Crippen LogP contribution is -2.41. The van der Waals surface area contributed by atoms with E-state index in [-0.39, 0.29) is 12.4 Å². The first kappa shape index (κ1) is 12.3. The second kappa shape index (κ2) is 5.94. The molecule has 2 aliphatic rings. The van der Waals surface area contributed by atoms with Crippen LogP contribution in [0.1, 0.15) is 39.0 Å². The van der Waals surface area contributed by atoms with Crippen molar-refractivity contribution in [3.05, 3.63) is 0 Å². The van der Waals surface area contributed by atoms with E-state index in [0.717, 1.165) is 18.0 Å². The third-order valence-electron chi connectivity index (χ3n) is 3.55. The van der Waals surface area contributed by atoms with Gasteiger partial charge in [0, 0.05) is 18.6 Å². The van der Waals surface area contributed by atoms with Gasteiger partial charge in [0.05, 0.1) is 0 Å². The van der Waals surface area contributed by atoms with Crippen LogP contribution in [0, 0.1) is 5.92 Å². The van der Waals surface area contributed by atoms with Crippen LogP contribution in [0.15, 0.2) is 0 Å². The minimum absolute atomic E-state index is 0. The van der Waals surface area contributed by atoms with E-state index in [0.29, 0.717) is 0 Å². The second-order valence-electron chi connectivity index (χ2n) is 4.81. The van der Waals surface area contributed by atoms with Gasteiger partial charge in [0.2, 0.25) is 0 Å². The van der Waals surface area contributed by atoms with Crippen molar-refractivity contribution >= 4 is 12.4 Å². The first-order chi connectivity index (χ1) is 6.34. The number of hydrogen-bond donors (Lipinski definition) is 2. The molecule has 1 heterocycles. The molecule has 0 aromatic carbocycles. The van der Waals surface area contributed by atoms with E-state index in [4.69, 9.17) is 0 Å². The molecule has 0 amide bonds. The van der Waals surface area contributed by atoms with E-state index < -0.39 is 0 Å². The van der Waals surface area contributed by atoms with Gasteiger partial charge in [0.1, 0.15) is 0 Å². The highest BCUT2D eigenvalue weighted by atomic mass is 35.5. The molecular formula is C11H23ClN2. The topological polar surface area (TPSA) is 24.1 Å². The molecule has 2 fully saturated rings. The highest BCUT2D eigenvalue weighted by Gasteiger charge is 2.22. The summed E-state index contributed by atoms with van der Waals surface area (Å²) in [7, 11) is 0. The van der Waals surface area contributed by atoms with E-state index in [2.05, 4.69) is 17.6 Å². The minimum atomic E-state index is 0. The van der Waals surface area contributed by atoms with Gasteiger partial charge in [-0.25, -0.2) is 0 Å². The third kappa shape index (κ3) is 3.41. The van der Waals surface area contributed by atoms with Crippen molar-refractivity contribution in [1.29, 1.82) is 0 Å². The lowest BCUT2D eigenvalue weighted by molar-refractivity contribution is 0.290. The number of halogens is 1. The summed E-state index contributed by atoms with van der Waals surface area (Å²) in [6.07, 6.45) is 6.98. The molecule has 1 saturated carbocycles. The Morgan fingerprint density at radius 1 is 1.00 bits per heavy atom. The molecular weight excluding hydrogens is 196 g/mol. The Bertz CT molecular complexity index is 149. The molecule has 1 saturated heterocycles. The molecule has 1 unspecified atom stereocenters. The van der Waals surface area contributed by atoms with Crippen LogP contribution in [0.3, 0.4) is 0 Å². The molecule has 14 heavy (non-hydrogen) atoms. The van der Waals surface area contributed by atoms with Gasteiger partial charge >= 0.3 is 0 Å². The van der Waals surface area contributed by atoms with Crippen molar-refractivity contribution in [3.63, 3.8) is 0 Å². The van der Waals surface area contributed by atoms with Crippen LogP contribution in [-0.4, -0.2) is 25.2 Å². The summed E-state index contributed by atoms with van der Waals surface area (Å²) in [6.45, 7) is 4.78. The largest absolute Gasteiger partial charge is 0.315 e. The molecule has 2 N–H and O–H groups in total. The maximum absolute atomic E-state index is 3.78. The van der Waals surface area contributed by atoms with Gasteiger partial charge in [-0.15, -0.1) is 12.4 Å². The summed E-state index contributed by atoms with van der Waals surface area (Å²) < 4.78 is 0. The summed E-state index contributed by atoms with van der Waals surface area (Å²) >= 11 is 0. The van der Waals surface area contributed by atoms with E-state index in [9.17, 15) is 0 Å². The van der Waals surface area contributed by atoms with Gasteiger partial charge in [-0.1, -0.05) is 6.92 Å². The zero-order valence-corrected chi connectivity index (χ0v) is 9.91. The van der Waals surface area contributed by atoms with E-state index in [1.54, 1.807) is 0 Å². The van der Waals surface area contributed by atoms with Crippen molar-refractivity contribution in [1.82, 2.24) is 10.6 Å². The SMILES string of the molecule is CC1CCC(NC2CCNC2)CC1.Cl. The summed E-state index contributed by atoms with van der Waals surface area (Å²) in [4.78, 5) is 0. The van der Waals surface area contributed by atoms with Gasteiger partial charge in [-0.3, -0.25) is 0 Å². The zero-order valence-electron chi connectivity index (χ0n) is 9.09. The van der Waals surface area contributed by atoms with Crippen LogP contribution in [-0.2, 0) is 0 Å². The van der Waals surface area contributed by atoms with Gasteiger partial charge in [-0.2, -0.15) is 0 Å². The van der Waals surface area contributed by atoms with Gasteiger partial charge < -0.3 is 10.6 Å². The first-order valence-corrected chi connectivity index (χ1v) is 5.81. The summed E-state index contributed by atoms with van der Waals surface area (Å²) in [6, 6.07) is 1.58. The Kier molecular flexibility index (Phi) is 5.21. The zero-order chi connectivity index (χ0) is 9.10. The maximum Gasteiger partial charge on any atom is 0.0207 e. The van der Waals surface area contributed by atoms with Crippen LogP contribution in [0.4, 0.5) is 0 Å². The molecule has 2 nitrogen and oxygen atoms in total. The van der Waals surface area contributed by atoms with Crippen molar-refractivity contribution in [3.8, 4) is 0 Å². The van der Waals surface area contributed by atoms with E-state index in [1.807, 2.05) is 0 Å². The highest BCUT2D eigenvalue weighted by Crippen LogP contribution is 2.23. The first-order valence-electron chi connectivity index (χ1n) is 5.81. The molecule has 1 aliphatic carbocycles. The van der Waals surface area contributed by atoms with E-state index in [1.165, 1.54) is 45.2 Å². The molecule has 1 atom stereocenters. The van der Waals surface area contributed by atoms with Crippen molar-refractivity contribution in [2.24, 2.45) is 5.92 Å². The van der Waals surface area contributed by atoms with Gasteiger partial charge in [0.25, 0.3) is 0 Å². The Morgan fingerprint density at radius 3 is 2.29 bits per heavy atom. The maximum atomic E-state index is 3.78. The average molecular weight is 219 g/mol. The van der Waals surface area contributed by atoms with Crippen LogP contribution < -0.4 is 10.6 Å². The fraction of sp³-hybridized carbons (Fsp3) is 1.00. The van der Waals surface area contributed by atoms with Crippen LogP contribution in [0.5, 0.6) is 0 Å². The molecule has 0 aromatic rings. The summed E-state index contributed by atoms with van der Waals surface area (Å²) in [5.74, 6) is 0.972. The lowest BCUT2D eigenvalue weighted by atomic mass is 9.87. The second-order valence-corrected chi connectivity index (χ2v) is 4.81. The van der Waals surface area contributed by atoms with Crippen molar-refractivity contribution in [2.45, 2.75) is 51.1 Å². The van der Waals surface area contributed by atoms with Crippen molar-refractivity contribution in [2.75, 3.05) is 13.1 Å². The third-order valence-corrected chi connectivity index (χ3v) is 3.55. The minimum Gasteiger partial charge on any atom is -0.315 e. The fourth-order valence-corrected chi connectivity index (χ4v) is 2.56. The summed E-state index contributed by atoms with van der Waals surface area (Å²) in [5.41, 5.74) is 0. The molecule has 0 aromatic heterocycles. The standard InChI is InChI=1S/C11H22N2.ClH/c1-9-2-4-10(5-3-9)13-11-6-7-12-8-11;/h9-13H,2-8H2,1H3;1H. The predicted molar refractivity (Wildman–Crippen MR) is 63.1 cm³/mol. The average Bonchev–Trinajstić information content (AvgIpc) is 2.62. The Hall–Kier alpha value is 0.210. The quantitative estimate of drug-likeness (QED) is 0.741. The Balaban J connectivity index is 0.000000980. The molecule has 1 aliphatic heterocycles. The molecule has 84 valence electrons.